The molecule has 0 saturated heterocycles. The molecule has 4 atom stereocenters. The lowest BCUT2D eigenvalue weighted by atomic mass is 9.91. The van der Waals surface area contributed by atoms with E-state index in [4.69, 9.17) is 68.8 Å². The molecule has 1 heterocycles. The third-order valence-electron chi connectivity index (χ3n) is 9.42. The summed E-state index contributed by atoms with van der Waals surface area (Å²) in [4.78, 5) is 105. The second-order valence-corrected chi connectivity index (χ2v) is 14.7. The van der Waals surface area contributed by atoms with E-state index in [9.17, 15) is 28.8 Å². The van der Waals surface area contributed by atoms with E-state index < -0.39 is 82.7 Å². The highest BCUT2D eigenvalue weighted by atomic mass is 16.2. The molecule has 3 amide bonds. The zero-order chi connectivity index (χ0) is 48.2. The predicted molar refractivity (Wildman–Crippen MR) is 245 cm³/mol. The summed E-state index contributed by atoms with van der Waals surface area (Å²) in [5, 5.41) is 8.02. The van der Waals surface area contributed by atoms with Crippen molar-refractivity contribution in [1.82, 2.24) is 25.9 Å². The first-order valence-corrected chi connectivity index (χ1v) is 20.8. The number of nitrogens with two attached hydrogens (primary N) is 12. The van der Waals surface area contributed by atoms with Crippen LogP contribution in [0.1, 0.15) is 98.0 Å². The average Bonchev–Trinajstić information content (AvgIpc) is 3.23. The molecule has 64 heavy (non-hydrogen) atoms. The first-order chi connectivity index (χ1) is 30.3. The van der Waals surface area contributed by atoms with Gasteiger partial charge in [0.2, 0.25) is 11.8 Å². The van der Waals surface area contributed by atoms with Gasteiger partial charge in [-0.3, -0.25) is 48.7 Å². The summed E-state index contributed by atoms with van der Waals surface area (Å²) >= 11 is 0. The van der Waals surface area contributed by atoms with Gasteiger partial charge in [0, 0.05) is 70.4 Å². The highest BCUT2D eigenvalue weighted by Gasteiger charge is 2.31. The Morgan fingerprint density at radius 2 is 0.953 bits per heavy atom. The van der Waals surface area contributed by atoms with Crippen LogP contribution in [0.2, 0.25) is 0 Å². The summed E-state index contributed by atoms with van der Waals surface area (Å²) in [6, 6.07) is -2.12. The fourth-order valence-corrected chi connectivity index (χ4v) is 6.22. The molecule has 27 N–H and O–H groups in total. The first-order valence-electron chi connectivity index (χ1n) is 20.8. The van der Waals surface area contributed by atoms with Crippen molar-refractivity contribution in [3.63, 3.8) is 0 Å². The monoisotopic (exact) mass is 904 g/mol. The minimum atomic E-state index is -1.19. The molecule has 0 aliphatic heterocycles. The van der Waals surface area contributed by atoms with Crippen LogP contribution in [0.5, 0.6) is 0 Å². The van der Waals surface area contributed by atoms with Crippen molar-refractivity contribution in [3.05, 3.63) is 11.4 Å². The number of hydrogen-bond acceptors (Lipinski definition) is 16. The van der Waals surface area contributed by atoms with E-state index in [1.165, 1.54) is 0 Å². The van der Waals surface area contributed by atoms with Gasteiger partial charge in [-0.05, 0) is 64.3 Å². The van der Waals surface area contributed by atoms with Gasteiger partial charge in [0.1, 0.15) is 0 Å². The number of hydrogen-bond donors (Lipinski definition) is 15. The van der Waals surface area contributed by atoms with Crippen molar-refractivity contribution in [2.24, 2.45) is 89.1 Å². The molecule has 0 bridgehead atoms. The Bertz CT molecular complexity index is 1690. The number of anilines is 2. The fraction of sp³-hybridized carbons (Fsp3) is 0.622. The quantitative estimate of drug-likeness (QED) is 0.0135. The van der Waals surface area contributed by atoms with Crippen LogP contribution >= 0.6 is 0 Å². The molecule has 0 spiro atoms. The maximum Gasteiger partial charge on any atom is 0.274 e. The van der Waals surface area contributed by atoms with Crippen molar-refractivity contribution >= 4 is 70.5 Å². The van der Waals surface area contributed by atoms with Crippen molar-refractivity contribution in [3.8, 4) is 0 Å². The summed E-state index contributed by atoms with van der Waals surface area (Å²) in [6.45, 7) is 1.26. The molecular formula is C37H69N21O6. The Hall–Kier alpha value is -6.90. The van der Waals surface area contributed by atoms with Crippen LogP contribution in [0.15, 0.2) is 20.0 Å². The summed E-state index contributed by atoms with van der Waals surface area (Å²) in [5.74, 6) is -7.01. The van der Waals surface area contributed by atoms with E-state index in [1.54, 1.807) is 0 Å². The Morgan fingerprint density at radius 1 is 0.516 bits per heavy atom. The minimum absolute atomic E-state index is 0.0360. The molecule has 0 aliphatic rings. The third-order valence-corrected chi connectivity index (χ3v) is 9.42. The van der Waals surface area contributed by atoms with Gasteiger partial charge in [0.05, 0.1) is 12.1 Å². The van der Waals surface area contributed by atoms with Gasteiger partial charge in [-0.25, -0.2) is 9.97 Å². The molecule has 0 saturated carbocycles. The Labute approximate surface area is 371 Å². The number of Topliss-reactive ketones (excluding diaryl/α,β-unsaturated/α-hetero) is 3. The van der Waals surface area contributed by atoms with Crippen molar-refractivity contribution in [2.75, 3.05) is 57.3 Å². The van der Waals surface area contributed by atoms with E-state index in [-0.39, 0.29) is 127 Å². The van der Waals surface area contributed by atoms with Crippen LogP contribution in [0.4, 0.5) is 11.6 Å². The minimum Gasteiger partial charge on any atom is -0.382 e. The number of nitrogens with one attached hydrogen (secondary N) is 3. The van der Waals surface area contributed by atoms with Crippen LogP contribution in [-0.4, -0.2) is 127 Å². The average molecular weight is 904 g/mol. The first kappa shape index (κ1) is 55.1. The van der Waals surface area contributed by atoms with Gasteiger partial charge in [0.25, 0.3) is 5.91 Å². The number of aromatic nitrogens is 2. The highest BCUT2D eigenvalue weighted by molar-refractivity contribution is 6.04. The topological polar surface area (TPSA) is 526 Å². The summed E-state index contributed by atoms with van der Waals surface area (Å²) in [5.41, 5.74) is 66.0. The molecular weight excluding hydrogens is 835 g/mol. The number of nitrogens with zero attached hydrogens (tertiary/aromatic N) is 6. The fourth-order valence-electron chi connectivity index (χ4n) is 6.22. The molecule has 0 aliphatic carbocycles. The highest BCUT2D eigenvalue weighted by Crippen LogP contribution is 2.22. The molecule has 0 radical (unpaired) electrons. The lowest BCUT2D eigenvalue weighted by Crippen LogP contribution is -2.44. The summed E-state index contributed by atoms with van der Waals surface area (Å²) < 4.78 is 0. The van der Waals surface area contributed by atoms with E-state index in [0.29, 0.717) is 19.3 Å². The van der Waals surface area contributed by atoms with E-state index in [2.05, 4.69) is 45.9 Å². The maximum absolute atomic E-state index is 13.8. The SMILES string of the molecule is NCCCC(=O)C(CCCN=C(N)N)NC(=O)[C@H](CCCN=C(N)N)CC(=O)c1nc(N)c(C(=O)N[C@@H](CCCN=C(N)N)C(=O)CC(CCCN=C(N)N)C(=O)NCCN)nc1N. The number of carbonyl (C=O) groups excluding carboxylic acids is 6. The van der Waals surface area contributed by atoms with Crippen molar-refractivity contribution in [2.45, 2.75) is 89.1 Å². The zero-order valence-electron chi connectivity index (χ0n) is 36.3. The number of amides is 3. The molecule has 1 aromatic rings. The maximum atomic E-state index is 13.8. The van der Waals surface area contributed by atoms with Crippen LogP contribution in [0, 0.1) is 11.8 Å². The standard InChI is InChI=1S/C37H69N21O6/c38-11-1-10-24(59)22(8-4-15-53-36(46)47)55-32(63)21(7-3-14-52-35(44)45)19-26(61)27-29(40)58-28(30(41)57-27)33(64)56-23(9-5-16-54-37(48)49)25(60)18-20(31(62)50-17-12-39)6-2-13-51-34(42)43/h20-23H,1-19,38-39H2,(H2,40,58)(H2,41,57)(H,50,62)(H,55,63)(H,56,64)(H4,42,43,51)(H4,44,45,52)(H4,46,47,53)(H4,48,49,54)/t20?,21-,22?,23+/m1/s1. The molecule has 0 aromatic carbocycles. The van der Waals surface area contributed by atoms with Gasteiger partial charge in [0.15, 0.2) is 64.2 Å². The summed E-state index contributed by atoms with van der Waals surface area (Å²) in [6.07, 6.45) is 1.53. The van der Waals surface area contributed by atoms with Crippen LogP contribution < -0.4 is 84.8 Å². The third kappa shape index (κ3) is 22.3. The number of ketones is 3. The smallest absolute Gasteiger partial charge is 0.274 e. The molecule has 0 fully saturated rings. The van der Waals surface area contributed by atoms with Crippen LogP contribution in [0.25, 0.3) is 0 Å². The Kier molecular flexibility index (Phi) is 26.0. The van der Waals surface area contributed by atoms with Crippen LogP contribution in [0.3, 0.4) is 0 Å². The number of rotatable bonds is 33. The van der Waals surface area contributed by atoms with Crippen molar-refractivity contribution < 1.29 is 28.8 Å². The van der Waals surface area contributed by atoms with Gasteiger partial charge in [-0.15, -0.1) is 0 Å². The Morgan fingerprint density at radius 3 is 1.42 bits per heavy atom. The number of aliphatic imine (C=N–C) groups is 4. The molecule has 27 nitrogen and oxygen atoms in total. The number of carbonyl (C=O) groups is 6. The molecule has 358 valence electrons. The molecule has 1 aromatic heterocycles. The van der Waals surface area contributed by atoms with Crippen molar-refractivity contribution in [1.29, 1.82) is 0 Å². The van der Waals surface area contributed by atoms with Gasteiger partial charge < -0.3 is 84.8 Å². The van der Waals surface area contributed by atoms with Gasteiger partial charge in [-0.2, -0.15) is 0 Å². The van der Waals surface area contributed by atoms with Gasteiger partial charge in [-0.1, -0.05) is 0 Å². The molecule has 27 heteroatoms. The van der Waals surface area contributed by atoms with Gasteiger partial charge >= 0.3 is 0 Å². The largest absolute Gasteiger partial charge is 0.382 e. The number of guanidine groups is 4. The Balaban J connectivity index is 3.42. The second kappa shape index (κ2) is 30.2. The normalized spacial score (nSPS) is 12.6. The zero-order valence-corrected chi connectivity index (χ0v) is 36.3. The van der Waals surface area contributed by atoms with E-state index >= 15 is 0 Å². The second-order valence-electron chi connectivity index (χ2n) is 14.7. The van der Waals surface area contributed by atoms with E-state index in [0.717, 1.165) is 0 Å². The van der Waals surface area contributed by atoms with Crippen LogP contribution in [-0.2, 0) is 19.2 Å². The molecule has 2 unspecified atom stereocenters. The summed E-state index contributed by atoms with van der Waals surface area (Å²) in [7, 11) is 0. The predicted octanol–water partition coefficient (Wildman–Crippen LogP) is -5.41. The lowest BCUT2D eigenvalue weighted by molar-refractivity contribution is -0.130. The lowest BCUT2D eigenvalue weighted by Gasteiger charge is -2.22. The molecule has 1 rings (SSSR count). The van der Waals surface area contributed by atoms with E-state index in [1.807, 2.05) is 0 Å². The number of nitrogen functional groups attached to an aromatic ring is 2.